The molecule has 0 saturated heterocycles. The largest absolute Gasteiger partial charge is 0.461 e. The monoisotopic (exact) mass is 294 g/mol. The lowest BCUT2D eigenvalue weighted by Gasteiger charge is -2.01. The van der Waals surface area contributed by atoms with E-state index in [0.29, 0.717) is 13.0 Å². The van der Waals surface area contributed by atoms with E-state index in [-0.39, 0.29) is 23.2 Å². The first-order valence-corrected chi connectivity index (χ1v) is 6.97. The molecule has 0 bridgehead atoms. The number of aromatic nitrogens is 3. The molecule has 0 aromatic carbocycles. The maximum absolute atomic E-state index is 11.8. The number of hydrogen-bond donors (Lipinski definition) is 2. The van der Waals surface area contributed by atoms with E-state index >= 15 is 0 Å². The molecule has 0 atom stereocenters. The van der Waals surface area contributed by atoms with Crippen LogP contribution in [-0.2, 0) is 11.2 Å². The van der Waals surface area contributed by atoms with E-state index in [1.807, 2.05) is 0 Å². The smallest absolute Gasteiger partial charge is 0.367 e. The van der Waals surface area contributed by atoms with E-state index in [0.717, 1.165) is 17.2 Å². The number of carbonyl (C=O) groups excluding carboxylic acids is 2. The lowest BCUT2D eigenvalue weighted by Crippen LogP contribution is -2.26. The molecule has 0 unspecified atom stereocenters. The third-order valence-corrected chi connectivity index (χ3v) is 3.21. The Labute approximate surface area is 119 Å². The minimum absolute atomic E-state index is 0.183. The normalized spacial score (nSPS) is 10.2. The Kier molecular flexibility index (Phi) is 4.83. The molecular formula is C12H14N4O3S. The number of esters is 1. The number of hydrogen-bond acceptors (Lipinski definition) is 6. The molecule has 0 aliphatic carbocycles. The van der Waals surface area contributed by atoms with Crippen LogP contribution in [0.2, 0.25) is 0 Å². The van der Waals surface area contributed by atoms with Gasteiger partial charge in [-0.15, -0.1) is 11.3 Å². The third kappa shape index (κ3) is 3.64. The third-order valence-electron chi connectivity index (χ3n) is 2.39. The van der Waals surface area contributed by atoms with E-state index in [2.05, 4.69) is 20.3 Å². The Balaban J connectivity index is 1.84. The molecule has 106 valence electrons. The van der Waals surface area contributed by atoms with Crippen molar-refractivity contribution in [3.05, 3.63) is 34.3 Å². The Morgan fingerprint density at radius 2 is 2.35 bits per heavy atom. The van der Waals surface area contributed by atoms with E-state index < -0.39 is 5.97 Å². The Bertz CT molecular complexity index is 579. The van der Waals surface area contributed by atoms with Crippen LogP contribution < -0.4 is 5.32 Å². The fourth-order valence-corrected chi connectivity index (χ4v) is 2.17. The van der Waals surface area contributed by atoms with Gasteiger partial charge in [-0.3, -0.25) is 4.79 Å². The predicted octanol–water partition coefficient (Wildman–Crippen LogP) is 1.02. The van der Waals surface area contributed by atoms with E-state index in [1.165, 1.54) is 5.38 Å². The van der Waals surface area contributed by atoms with Crippen LogP contribution in [0.1, 0.15) is 33.0 Å². The summed E-state index contributed by atoms with van der Waals surface area (Å²) < 4.78 is 4.82. The van der Waals surface area contributed by atoms with Crippen LogP contribution in [0.5, 0.6) is 0 Å². The number of thiazole rings is 1. The van der Waals surface area contributed by atoms with Crippen LogP contribution in [-0.4, -0.2) is 40.0 Å². The first-order valence-electron chi connectivity index (χ1n) is 6.09. The zero-order chi connectivity index (χ0) is 14.4. The molecule has 0 spiro atoms. The number of aromatic amines is 1. The molecule has 7 nitrogen and oxygen atoms in total. The zero-order valence-electron chi connectivity index (χ0n) is 10.9. The van der Waals surface area contributed by atoms with Gasteiger partial charge in [-0.05, 0) is 6.92 Å². The number of nitrogens with zero attached hydrogens (tertiary/aromatic N) is 2. The van der Waals surface area contributed by atoms with E-state index in [4.69, 9.17) is 4.74 Å². The molecule has 2 heterocycles. The number of ether oxygens (including phenoxy) is 1. The van der Waals surface area contributed by atoms with Crippen LogP contribution in [0, 0.1) is 0 Å². The van der Waals surface area contributed by atoms with Gasteiger partial charge in [0.05, 0.1) is 6.61 Å². The van der Waals surface area contributed by atoms with Gasteiger partial charge in [0.1, 0.15) is 11.5 Å². The molecule has 2 aromatic heterocycles. The number of nitrogens with one attached hydrogen (secondary N) is 2. The van der Waals surface area contributed by atoms with Crippen LogP contribution in [0.15, 0.2) is 17.8 Å². The van der Waals surface area contributed by atoms with Crippen molar-refractivity contribution in [1.29, 1.82) is 0 Å². The molecule has 8 heteroatoms. The Hall–Kier alpha value is -2.22. The maximum atomic E-state index is 11.8. The topological polar surface area (TPSA) is 97.0 Å². The Morgan fingerprint density at radius 3 is 3.05 bits per heavy atom. The number of imidazole rings is 1. The van der Waals surface area contributed by atoms with Crippen molar-refractivity contribution in [1.82, 2.24) is 20.3 Å². The van der Waals surface area contributed by atoms with Gasteiger partial charge in [0, 0.05) is 30.7 Å². The summed E-state index contributed by atoms with van der Waals surface area (Å²) in [4.78, 5) is 34.2. The predicted molar refractivity (Wildman–Crippen MR) is 72.7 cm³/mol. The summed E-state index contributed by atoms with van der Waals surface area (Å²) in [5.41, 5.74) is 0.220. The fourth-order valence-electron chi connectivity index (χ4n) is 1.48. The van der Waals surface area contributed by atoms with Crippen molar-refractivity contribution in [3.63, 3.8) is 0 Å². The molecule has 0 radical (unpaired) electrons. The van der Waals surface area contributed by atoms with Gasteiger partial charge in [-0.2, -0.15) is 0 Å². The lowest BCUT2D eigenvalue weighted by molar-refractivity contribution is 0.0526. The quantitative estimate of drug-likeness (QED) is 0.775. The average molecular weight is 294 g/mol. The van der Waals surface area contributed by atoms with Crippen molar-refractivity contribution in [2.75, 3.05) is 13.2 Å². The molecule has 0 aliphatic rings. The summed E-state index contributed by atoms with van der Waals surface area (Å²) in [5, 5.41) is 4.43. The van der Waals surface area contributed by atoms with Crippen LogP contribution in [0.3, 0.4) is 0 Å². The summed E-state index contributed by atoms with van der Waals surface area (Å²) in [6, 6.07) is 0. The van der Waals surface area contributed by atoms with Crippen LogP contribution in [0.25, 0.3) is 0 Å². The molecule has 20 heavy (non-hydrogen) atoms. The first-order chi connectivity index (χ1) is 9.70. The summed E-state index contributed by atoms with van der Waals surface area (Å²) in [6.07, 6.45) is 3.99. The molecule has 0 saturated carbocycles. The minimum Gasteiger partial charge on any atom is -0.461 e. The molecule has 1 amide bonds. The highest BCUT2D eigenvalue weighted by Crippen LogP contribution is 2.11. The molecule has 0 aliphatic heterocycles. The highest BCUT2D eigenvalue weighted by Gasteiger charge is 2.15. The van der Waals surface area contributed by atoms with Gasteiger partial charge in [0.15, 0.2) is 0 Å². The molecule has 2 N–H and O–H groups in total. The SMILES string of the molecule is CCOC(=O)c1nc(C(=O)NCCc2ncc[nH]2)cs1. The van der Waals surface area contributed by atoms with Gasteiger partial charge in [-0.25, -0.2) is 14.8 Å². The van der Waals surface area contributed by atoms with Crippen molar-refractivity contribution < 1.29 is 14.3 Å². The molecule has 0 fully saturated rings. The lowest BCUT2D eigenvalue weighted by atomic mass is 10.4. The maximum Gasteiger partial charge on any atom is 0.367 e. The summed E-state index contributed by atoms with van der Waals surface area (Å²) in [7, 11) is 0. The van der Waals surface area contributed by atoms with Crippen molar-refractivity contribution in [2.45, 2.75) is 13.3 Å². The van der Waals surface area contributed by atoms with Crippen LogP contribution in [0.4, 0.5) is 0 Å². The second kappa shape index (κ2) is 6.80. The molecular weight excluding hydrogens is 280 g/mol. The van der Waals surface area contributed by atoms with Crippen LogP contribution >= 0.6 is 11.3 Å². The fraction of sp³-hybridized carbons (Fsp3) is 0.333. The highest BCUT2D eigenvalue weighted by molar-refractivity contribution is 7.11. The number of carbonyl (C=O) groups is 2. The number of amides is 1. The average Bonchev–Trinajstić information content (AvgIpc) is 3.10. The Morgan fingerprint density at radius 1 is 1.50 bits per heavy atom. The van der Waals surface area contributed by atoms with Gasteiger partial charge >= 0.3 is 5.97 Å². The summed E-state index contributed by atoms with van der Waals surface area (Å²) >= 11 is 1.09. The van der Waals surface area contributed by atoms with Gasteiger partial charge in [0.2, 0.25) is 5.01 Å². The minimum atomic E-state index is -0.507. The molecule has 2 rings (SSSR count). The molecule has 2 aromatic rings. The second-order valence-corrected chi connectivity index (χ2v) is 4.66. The van der Waals surface area contributed by atoms with Gasteiger partial charge in [0.25, 0.3) is 5.91 Å². The van der Waals surface area contributed by atoms with Gasteiger partial charge in [-0.1, -0.05) is 0 Å². The second-order valence-electron chi connectivity index (χ2n) is 3.80. The van der Waals surface area contributed by atoms with Crippen molar-refractivity contribution in [2.24, 2.45) is 0 Å². The first kappa shape index (κ1) is 14.2. The van der Waals surface area contributed by atoms with E-state index in [1.54, 1.807) is 19.3 Å². The van der Waals surface area contributed by atoms with Crippen molar-refractivity contribution in [3.8, 4) is 0 Å². The van der Waals surface area contributed by atoms with E-state index in [9.17, 15) is 9.59 Å². The number of H-pyrrole nitrogens is 1. The van der Waals surface area contributed by atoms with Crippen molar-refractivity contribution >= 4 is 23.2 Å². The standard InChI is InChI=1S/C12H14N4O3S/c1-2-19-12(18)11-16-8(7-20-11)10(17)15-4-3-9-13-5-6-14-9/h5-7H,2-4H2,1H3,(H,13,14)(H,15,17). The summed E-state index contributed by atoms with van der Waals surface area (Å²) in [5.74, 6) is -0.0220. The summed E-state index contributed by atoms with van der Waals surface area (Å²) in [6.45, 7) is 2.44. The number of rotatable bonds is 6. The van der Waals surface area contributed by atoms with Gasteiger partial charge < -0.3 is 15.0 Å². The zero-order valence-corrected chi connectivity index (χ0v) is 11.7. The highest BCUT2D eigenvalue weighted by atomic mass is 32.1.